The van der Waals surface area contributed by atoms with Crippen molar-refractivity contribution in [1.82, 2.24) is 0 Å². The number of carbonyl (C=O) groups is 1. The number of ether oxygens (including phenoxy) is 1. The molecule has 0 atom stereocenters. The molecule has 23 heavy (non-hydrogen) atoms. The third-order valence-electron chi connectivity index (χ3n) is 2.73. The molecule has 0 aliphatic heterocycles. The molecule has 2 aromatic carbocycles. The standard InChI is InChI=1S/C15H10Cl2F3NO2/c16-10-2-1-3-11(7-10)23-8-14(22)21-13-6-9(15(18,19)20)4-5-12(13)17/h1-7H,8H2,(H,21,22). The summed E-state index contributed by atoms with van der Waals surface area (Å²) in [5.41, 5.74) is -1.05. The summed E-state index contributed by atoms with van der Waals surface area (Å²) >= 11 is 11.6. The van der Waals surface area contributed by atoms with Gasteiger partial charge in [-0.3, -0.25) is 4.79 Å². The van der Waals surface area contributed by atoms with Crippen molar-refractivity contribution < 1.29 is 22.7 Å². The maximum Gasteiger partial charge on any atom is 0.416 e. The van der Waals surface area contributed by atoms with Crippen molar-refractivity contribution >= 4 is 34.8 Å². The Morgan fingerprint density at radius 3 is 2.52 bits per heavy atom. The van der Waals surface area contributed by atoms with Crippen LogP contribution in [0.5, 0.6) is 5.75 Å². The van der Waals surface area contributed by atoms with E-state index in [4.69, 9.17) is 27.9 Å². The van der Waals surface area contributed by atoms with E-state index < -0.39 is 24.3 Å². The lowest BCUT2D eigenvalue weighted by atomic mass is 10.2. The van der Waals surface area contributed by atoms with Gasteiger partial charge in [-0.1, -0.05) is 29.3 Å². The van der Waals surface area contributed by atoms with Crippen molar-refractivity contribution in [2.75, 3.05) is 11.9 Å². The maximum absolute atomic E-state index is 12.7. The van der Waals surface area contributed by atoms with Gasteiger partial charge in [0.25, 0.3) is 5.91 Å². The first-order valence-electron chi connectivity index (χ1n) is 6.30. The number of amides is 1. The molecule has 0 fully saturated rings. The third-order valence-corrected chi connectivity index (χ3v) is 3.30. The fourth-order valence-corrected chi connectivity index (χ4v) is 2.03. The molecule has 1 amide bonds. The predicted molar refractivity (Wildman–Crippen MR) is 82.0 cm³/mol. The van der Waals surface area contributed by atoms with Gasteiger partial charge in [-0.25, -0.2) is 0 Å². The molecule has 0 aromatic heterocycles. The molecule has 0 radical (unpaired) electrons. The normalized spacial score (nSPS) is 11.2. The SMILES string of the molecule is O=C(COc1cccc(Cl)c1)Nc1cc(C(F)(F)F)ccc1Cl. The van der Waals surface area contributed by atoms with Gasteiger partial charge >= 0.3 is 6.18 Å². The molecular weight excluding hydrogens is 354 g/mol. The molecule has 122 valence electrons. The number of nitrogens with one attached hydrogen (secondary N) is 1. The third kappa shape index (κ3) is 5.04. The van der Waals surface area contributed by atoms with Crippen molar-refractivity contribution in [3.63, 3.8) is 0 Å². The van der Waals surface area contributed by atoms with Crippen LogP contribution < -0.4 is 10.1 Å². The van der Waals surface area contributed by atoms with Crippen molar-refractivity contribution in [1.29, 1.82) is 0 Å². The quantitative estimate of drug-likeness (QED) is 0.827. The Morgan fingerprint density at radius 2 is 1.87 bits per heavy atom. The van der Waals surface area contributed by atoms with Crippen molar-refractivity contribution in [3.8, 4) is 5.75 Å². The Morgan fingerprint density at radius 1 is 1.13 bits per heavy atom. The summed E-state index contributed by atoms with van der Waals surface area (Å²) in [6.07, 6.45) is -4.53. The van der Waals surface area contributed by atoms with Crippen LogP contribution >= 0.6 is 23.2 Å². The molecule has 0 unspecified atom stereocenters. The first kappa shape index (κ1) is 17.4. The van der Waals surface area contributed by atoms with E-state index in [0.717, 1.165) is 18.2 Å². The summed E-state index contributed by atoms with van der Waals surface area (Å²) in [5.74, 6) is -0.283. The number of hydrogen-bond donors (Lipinski definition) is 1. The van der Waals surface area contributed by atoms with Gasteiger partial charge in [0.15, 0.2) is 6.61 Å². The largest absolute Gasteiger partial charge is 0.484 e. The molecule has 0 heterocycles. The molecular formula is C15H10Cl2F3NO2. The van der Waals surface area contributed by atoms with Gasteiger partial charge in [0.2, 0.25) is 0 Å². The Bertz CT molecular complexity index is 720. The summed E-state index contributed by atoms with van der Waals surface area (Å²) in [6.45, 7) is -0.396. The predicted octanol–water partition coefficient (Wildman–Crippen LogP) is 5.03. The molecule has 1 N–H and O–H groups in total. The van der Waals surface area contributed by atoms with Crippen LogP contribution in [0.15, 0.2) is 42.5 Å². The molecule has 2 aromatic rings. The summed E-state index contributed by atoms with van der Waals surface area (Å²) in [7, 11) is 0. The molecule has 8 heteroatoms. The summed E-state index contributed by atoms with van der Waals surface area (Å²) < 4.78 is 43.2. The Hall–Kier alpha value is -1.92. The zero-order valence-electron chi connectivity index (χ0n) is 11.5. The monoisotopic (exact) mass is 363 g/mol. The first-order valence-corrected chi connectivity index (χ1v) is 7.06. The average Bonchev–Trinajstić information content (AvgIpc) is 2.46. The molecule has 0 saturated carbocycles. The van der Waals surface area contributed by atoms with E-state index in [2.05, 4.69) is 5.32 Å². The van der Waals surface area contributed by atoms with Crippen LogP contribution in [0.3, 0.4) is 0 Å². The number of halogens is 5. The van der Waals surface area contributed by atoms with Crippen molar-refractivity contribution in [2.45, 2.75) is 6.18 Å². The maximum atomic E-state index is 12.7. The minimum atomic E-state index is -4.53. The number of anilines is 1. The number of benzene rings is 2. The lowest BCUT2D eigenvalue weighted by molar-refractivity contribution is -0.137. The summed E-state index contributed by atoms with van der Waals surface area (Å²) in [4.78, 5) is 11.8. The van der Waals surface area contributed by atoms with Crippen LogP contribution in [0.1, 0.15) is 5.56 Å². The van der Waals surface area contributed by atoms with Crippen molar-refractivity contribution in [3.05, 3.63) is 58.1 Å². The van der Waals surface area contributed by atoms with Gasteiger partial charge in [-0.15, -0.1) is 0 Å². The second-order valence-corrected chi connectivity index (χ2v) is 5.33. The van der Waals surface area contributed by atoms with E-state index >= 15 is 0 Å². The second kappa shape index (κ2) is 7.10. The molecule has 0 bridgehead atoms. The average molecular weight is 364 g/mol. The smallest absolute Gasteiger partial charge is 0.416 e. The molecule has 0 saturated heterocycles. The van der Waals surface area contributed by atoms with Gasteiger partial charge in [0, 0.05) is 5.02 Å². The highest BCUT2D eigenvalue weighted by Crippen LogP contribution is 2.33. The lowest BCUT2D eigenvalue weighted by Gasteiger charge is -2.12. The minimum absolute atomic E-state index is 0.00546. The Balaban J connectivity index is 2.02. The van der Waals surface area contributed by atoms with E-state index in [1.165, 1.54) is 6.07 Å². The van der Waals surface area contributed by atoms with Crippen LogP contribution in [0, 0.1) is 0 Å². The first-order chi connectivity index (χ1) is 10.8. The fraction of sp³-hybridized carbons (Fsp3) is 0.133. The highest BCUT2D eigenvalue weighted by atomic mass is 35.5. The van der Waals surface area contributed by atoms with E-state index in [1.54, 1.807) is 18.2 Å². The minimum Gasteiger partial charge on any atom is -0.484 e. The van der Waals surface area contributed by atoms with Crippen LogP contribution in [0.4, 0.5) is 18.9 Å². The topological polar surface area (TPSA) is 38.3 Å². The lowest BCUT2D eigenvalue weighted by Crippen LogP contribution is -2.20. The fourth-order valence-electron chi connectivity index (χ4n) is 1.69. The van der Waals surface area contributed by atoms with Crippen LogP contribution in [-0.4, -0.2) is 12.5 Å². The zero-order chi connectivity index (χ0) is 17.0. The van der Waals surface area contributed by atoms with Crippen LogP contribution in [-0.2, 0) is 11.0 Å². The number of rotatable bonds is 4. The van der Waals surface area contributed by atoms with E-state index in [0.29, 0.717) is 10.8 Å². The summed E-state index contributed by atoms with van der Waals surface area (Å²) in [5, 5.41) is 2.71. The molecule has 0 spiro atoms. The molecule has 0 aliphatic carbocycles. The van der Waals surface area contributed by atoms with E-state index in [9.17, 15) is 18.0 Å². The number of hydrogen-bond acceptors (Lipinski definition) is 2. The van der Waals surface area contributed by atoms with E-state index in [-0.39, 0.29) is 10.7 Å². The molecule has 0 aliphatic rings. The Kier molecular flexibility index (Phi) is 5.38. The summed E-state index contributed by atoms with van der Waals surface area (Å²) in [6, 6.07) is 9.04. The second-order valence-electron chi connectivity index (χ2n) is 4.49. The van der Waals surface area contributed by atoms with Gasteiger partial charge in [0.05, 0.1) is 16.3 Å². The molecule has 2 rings (SSSR count). The van der Waals surface area contributed by atoms with Crippen LogP contribution in [0.25, 0.3) is 0 Å². The van der Waals surface area contributed by atoms with Gasteiger partial charge in [-0.05, 0) is 36.4 Å². The zero-order valence-corrected chi connectivity index (χ0v) is 13.0. The van der Waals surface area contributed by atoms with Crippen molar-refractivity contribution in [2.24, 2.45) is 0 Å². The van der Waals surface area contributed by atoms with E-state index in [1.807, 2.05) is 0 Å². The highest BCUT2D eigenvalue weighted by Gasteiger charge is 2.31. The van der Waals surface area contributed by atoms with Crippen LogP contribution in [0.2, 0.25) is 10.0 Å². The van der Waals surface area contributed by atoms with Gasteiger partial charge in [0.1, 0.15) is 5.75 Å². The highest BCUT2D eigenvalue weighted by molar-refractivity contribution is 6.33. The number of alkyl halides is 3. The molecule has 3 nitrogen and oxygen atoms in total. The van der Waals surface area contributed by atoms with Gasteiger partial charge in [-0.2, -0.15) is 13.2 Å². The van der Waals surface area contributed by atoms with Gasteiger partial charge < -0.3 is 10.1 Å². The Labute approximate surface area is 140 Å². The number of carbonyl (C=O) groups excluding carboxylic acids is 1.